The fourth-order valence-corrected chi connectivity index (χ4v) is 3.12. The highest BCUT2D eigenvalue weighted by molar-refractivity contribution is 5.86. The van der Waals surface area contributed by atoms with E-state index in [1.54, 1.807) is 25.6 Å². The Morgan fingerprint density at radius 1 is 1.26 bits per heavy atom. The number of ether oxygens (including phenoxy) is 2. The lowest BCUT2D eigenvalue weighted by atomic mass is 10.0. The molecule has 0 bridgehead atoms. The Bertz CT molecular complexity index is 991. The van der Waals surface area contributed by atoms with Crippen molar-refractivity contribution in [3.63, 3.8) is 0 Å². The van der Waals surface area contributed by atoms with Crippen molar-refractivity contribution in [2.45, 2.75) is 46.6 Å². The van der Waals surface area contributed by atoms with Gasteiger partial charge >= 0.3 is 5.97 Å². The van der Waals surface area contributed by atoms with E-state index in [9.17, 15) is 4.79 Å². The van der Waals surface area contributed by atoms with E-state index >= 15 is 0 Å². The minimum Gasteiger partial charge on any atom is -0.479 e. The third-order valence-electron chi connectivity index (χ3n) is 4.49. The Labute approximate surface area is 156 Å². The molecule has 3 rings (SSSR count). The minimum atomic E-state index is -0.583. The van der Waals surface area contributed by atoms with Crippen LogP contribution in [0, 0.1) is 20.8 Å². The van der Waals surface area contributed by atoms with E-state index in [0.29, 0.717) is 18.2 Å². The first-order valence-electron chi connectivity index (χ1n) is 8.68. The maximum absolute atomic E-state index is 12.2. The molecule has 0 aliphatic heterocycles. The quantitative estimate of drug-likeness (QED) is 0.607. The molecule has 0 aliphatic rings. The molecule has 0 aromatic carbocycles. The van der Waals surface area contributed by atoms with Crippen LogP contribution < -0.4 is 4.74 Å². The molecule has 144 valence electrons. The number of nitrogens with zero attached hydrogens (tertiary/aromatic N) is 5. The zero-order valence-corrected chi connectivity index (χ0v) is 16.4. The molecule has 9 heteroatoms. The highest BCUT2D eigenvalue weighted by Gasteiger charge is 2.20. The van der Waals surface area contributed by atoms with Gasteiger partial charge in [0.15, 0.2) is 11.8 Å². The second kappa shape index (κ2) is 7.34. The van der Waals surface area contributed by atoms with Gasteiger partial charge < -0.3 is 13.9 Å². The number of hydrogen-bond acceptors (Lipinski definition) is 8. The van der Waals surface area contributed by atoms with Crippen LogP contribution in [0.25, 0.3) is 11.0 Å². The molecule has 0 N–H and O–H groups in total. The van der Waals surface area contributed by atoms with Crippen molar-refractivity contribution in [3.05, 3.63) is 28.6 Å². The van der Waals surface area contributed by atoms with E-state index < -0.39 is 6.10 Å². The summed E-state index contributed by atoms with van der Waals surface area (Å²) in [5.41, 5.74) is 3.62. The van der Waals surface area contributed by atoms with Crippen LogP contribution in [0.3, 0.4) is 0 Å². The average Bonchev–Trinajstić information content (AvgIpc) is 3.18. The van der Waals surface area contributed by atoms with Crippen LogP contribution in [-0.4, -0.2) is 38.0 Å². The molecule has 0 aliphatic carbocycles. The molecule has 0 saturated heterocycles. The van der Waals surface area contributed by atoms with Crippen molar-refractivity contribution in [2.24, 2.45) is 7.05 Å². The van der Waals surface area contributed by atoms with Crippen molar-refractivity contribution in [3.8, 4) is 5.88 Å². The number of fused-ring (bicyclic) bond motifs is 1. The van der Waals surface area contributed by atoms with Crippen LogP contribution >= 0.6 is 0 Å². The normalized spacial score (nSPS) is 12.4. The number of aryl methyl sites for hydroxylation is 4. The fourth-order valence-electron chi connectivity index (χ4n) is 3.12. The maximum Gasteiger partial charge on any atom is 0.306 e. The minimum absolute atomic E-state index is 0.217. The summed E-state index contributed by atoms with van der Waals surface area (Å²) in [4.78, 5) is 16.9. The molecule has 27 heavy (non-hydrogen) atoms. The number of pyridine rings is 1. The summed E-state index contributed by atoms with van der Waals surface area (Å²) in [6, 6.07) is 0. The number of hydrogen-bond donors (Lipinski definition) is 0. The summed E-state index contributed by atoms with van der Waals surface area (Å²) < 4.78 is 17.7. The molecule has 0 spiro atoms. The molecule has 0 amide bonds. The lowest BCUT2D eigenvalue weighted by molar-refractivity contribution is -0.149. The Kier molecular flexibility index (Phi) is 5.11. The first-order chi connectivity index (χ1) is 12.8. The molecule has 3 aromatic rings. The predicted octanol–water partition coefficient (Wildman–Crippen LogP) is 2.52. The van der Waals surface area contributed by atoms with Gasteiger partial charge in [-0.3, -0.25) is 4.79 Å². The van der Waals surface area contributed by atoms with Gasteiger partial charge in [0.2, 0.25) is 11.8 Å². The van der Waals surface area contributed by atoms with Crippen LogP contribution in [0.2, 0.25) is 0 Å². The molecule has 9 nitrogen and oxygen atoms in total. The number of methoxy groups -OCH3 is 1. The van der Waals surface area contributed by atoms with E-state index in [4.69, 9.17) is 13.9 Å². The van der Waals surface area contributed by atoms with Crippen LogP contribution in [0.4, 0.5) is 0 Å². The molecule has 0 fully saturated rings. The zero-order chi connectivity index (χ0) is 19.7. The molecule has 0 saturated carbocycles. The zero-order valence-electron chi connectivity index (χ0n) is 16.4. The van der Waals surface area contributed by atoms with Gasteiger partial charge in [-0.2, -0.15) is 0 Å². The van der Waals surface area contributed by atoms with E-state index in [0.717, 1.165) is 27.9 Å². The number of esters is 1. The van der Waals surface area contributed by atoms with Crippen LogP contribution in [-0.2, 0) is 23.0 Å². The van der Waals surface area contributed by atoms with Gasteiger partial charge in [-0.25, -0.2) is 9.67 Å². The number of carbonyl (C=O) groups excluding carboxylic acids is 1. The van der Waals surface area contributed by atoms with Crippen LogP contribution in [0.1, 0.15) is 48.1 Å². The Hall–Kier alpha value is -2.97. The van der Waals surface area contributed by atoms with Gasteiger partial charge in [0.05, 0.1) is 12.5 Å². The molecular formula is C18H23N5O4. The van der Waals surface area contributed by atoms with E-state index in [1.807, 2.05) is 20.9 Å². The SMILES string of the molecule is COc1nn(C)c2nc(C)c(CCC(=O)O[C@@H](C)c3nnc(C)o3)c(C)c12. The van der Waals surface area contributed by atoms with E-state index in [2.05, 4.69) is 20.3 Å². The number of aromatic nitrogens is 5. The molecular weight excluding hydrogens is 350 g/mol. The molecule has 1 atom stereocenters. The van der Waals surface area contributed by atoms with Gasteiger partial charge in [-0.15, -0.1) is 15.3 Å². The molecule has 3 heterocycles. The first kappa shape index (κ1) is 18.8. The summed E-state index contributed by atoms with van der Waals surface area (Å²) in [6.07, 6.45) is 0.141. The highest BCUT2D eigenvalue weighted by Crippen LogP contribution is 2.30. The Morgan fingerprint density at radius 3 is 2.63 bits per heavy atom. The van der Waals surface area contributed by atoms with Crippen molar-refractivity contribution < 1.29 is 18.7 Å². The van der Waals surface area contributed by atoms with Gasteiger partial charge in [-0.05, 0) is 38.3 Å². The first-order valence-corrected chi connectivity index (χ1v) is 8.68. The number of carbonyl (C=O) groups is 1. The molecule has 3 aromatic heterocycles. The van der Waals surface area contributed by atoms with Crippen molar-refractivity contribution in [2.75, 3.05) is 7.11 Å². The lowest BCUT2D eigenvalue weighted by Crippen LogP contribution is -2.11. The number of rotatable bonds is 6. The largest absolute Gasteiger partial charge is 0.479 e. The molecule has 0 radical (unpaired) electrons. The highest BCUT2D eigenvalue weighted by atomic mass is 16.6. The van der Waals surface area contributed by atoms with E-state index in [1.165, 1.54) is 0 Å². The van der Waals surface area contributed by atoms with Crippen molar-refractivity contribution in [1.82, 2.24) is 25.0 Å². The summed E-state index contributed by atoms with van der Waals surface area (Å²) in [5, 5.41) is 12.8. The Balaban J connectivity index is 1.75. The van der Waals surface area contributed by atoms with Crippen LogP contribution in [0.15, 0.2) is 4.42 Å². The predicted molar refractivity (Wildman–Crippen MR) is 96.4 cm³/mol. The van der Waals surface area contributed by atoms with E-state index in [-0.39, 0.29) is 18.3 Å². The van der Waals surface area contributed by atoms with Gasteiger partial charge in [-0.1, -0.05) is 0 Å². The average molecular weight is 373 g/mol. The van der Waals surface area contributed by atoms with Gasteiger partial charge in [0, 0.05) is 26.1 Å². The summed E-state index contributed by atoms with van der Waals surface area (Å²) in [6.45, 7) is 7.31. The van der Waals surface area contributed by atoms with Crippen LogP contribution in [0.5, 0.6) is 5.88 Å². The third-order valence-corrected chi connectivity index (χ3v) is 4.49. The third kappa shape index (κ3) is 3.62. The fraction of sp³-hybridized carbons (Fsp3) is 0.500. The maximum atomic E-state index is 12.2. The summed E-state index contributed by atoms with van der Waals surface area (Å²) >= 11 is 0. The van der Waals surface area contributed by atoms with Gasteiger partial charge in [0.1, 0.15) is 0 Å². The second-order valence-electron chi connectivity index (χ2n) is 6.42. The second-order valence-corrected chi connectivity index (χ2v) is 6.42. The monoisotopic (exact) mass is 373 g/mol. The summed E-state index contributed by atoms with van der Waals surface area (Å²) in [7, 11) is 3.41. The topological polar surface area (TPSA) is 105 Å². The standard InChI is InChI=1S/C18H23N5O4/c1-9-13(10(2)19-16-15(9)18(25-6)22-23(16)5)7-8-14(24)26-11(3)17-21-20-12(4)27-17/h11H,7-8H2,1-6H3/t11-/m0/s1. The van der Waals surface area contributed by atoms with Crippen molar-refractivity contribution in [1.29, 1.82) is 0 Å². The lowest BCUT2D eigenvalue weighted by Gasteiger charge is -2.12. The molecule has 0 unspecified atom stereocenters. The van der Waals surface area contributed by atoms with Gasteiger partial charge in [0.25, 0.3) is 5.89 Å². The smallest absolute Gasteiger partial charge is 0.306 e. The Morgan fingerprint density at radius 2 is 2.00 bits per heavy atom. The van der Waals surface area contributed by atoms with Crippen molar-refractivity contribution >= 4 is 17.0 Å². The summed E-state index contributed by atoms with van der Waals surface area (Å²) in [5.74, 6) is 0.914.